The van der Waals surface area contributed by atoms with E-state index < -0.39 is 0 Å². The number of fused-ring (bicyclic) bond motifs is 1. The minimum absolute atomic E-state index is 0.156. The maximum Gasteiger partial charge on any atom is 0.255 e. The van der Waals surface area contributed by atoms with E-state index in [2.05, 4.69) is 24.1 Å². The van der Waals surface area contributed by atoms with E-state index in [1.807, 2.05) is 66.7 Å². The Bertz CT molecular complexity index is 1160. The molecule has 146 valence electrons. The van der Waals surface area contributed by atoms with Crippen LogP contribution in [0.1, 0.15) is 35.7 Å². The van der Waals surface area contributed by atoms with E-state index in [1.54, 1.807) is 7.11 Å². The summed E-state index contributed by atoms with van der Waals surface area (Å²) in [6, 6.07) is 20.6. The highest BCUT2D eigenvalue weighted by Crippen LogP contribution is 2.28. The molecule has 0 atom stereocenters. The minimum Gasteiger partial charge on any atom is -0.497 e. The molecule has 1 amide bonds. The van der Waals surface area contributed by atoms with E-state index in [1.165, 1.54) is 5.56 Å². The van der Waals surface area contributed by atoms with E-state index in [-0.39, 0.29) is 5.91 Å². The largest absolute Gasteiger partial charge is 0.497 e. The zero-order valence-electron chi connectivity index (χ0n) is 16.6. The van der Waals surface area contributed by atoms with Crippen LogP contribution in [0.2, 0.25) is 0 Å². The Hall–Kier alpha value is -3.60. The van der Waals surface area contributed by atoms with E-state index in [9.17, 15) is 4.79 Å². The first-order chi connectivity index (χ1) is 14.0. The van der Waals surface area contributed by atoms with Crippen LogP contribution in [0.5, 0.6) is 5.75 Å². The summed E-state index contributed by atoms with van der Waals surface area (Å²) in [7, 11) is 1.62. The third kappa shape index (κ3) is 3.99. The maximum absolute atomic E-state index is 12.6. The highest BCUT2D eigenvalue weighted by atomic mass is 16.5. The van der Waals surface area contributed by atoms with Crippen molar-refractivity contribution in [3.63, 3.8) is 0 Å². The van der Waals surface area contributed by atoms with Gasteiger partial charge in [-0.15, -0.1) is 0 Å². The molecule has 0 unspecified atom stereocenters. The van der Waals surface area contributed by atoms with Gasteiger partial charge in [-0.05, 0) is 60.0 Å². The van der Waals surface area contributed by atoms with Gasteiger partial charge in [0.05, 0.1) is 7.11 Å². The molecule has 29 heavy (non-hydrogen) atoms. The summed E-state index contributed by atoms with van der Waals surface area (Å²) in [5.41, 5.74) is 4.65. The Morgan fingerprint density at radius 3 is 2.55 bits per heavy atom. The van der Waals surface area contributed by atoms with Gasteiger partial charge in [0.15, 0.2) is 5.58 Å². The van der Waals surface area contributed by atoms with Crippen LogP contribution < -0.4 is 10.1 Å². The SMILES string of the molecule is COc1cccc(-c2nc3cc(NC(=O)c4ccc(C(C)C)cc4)ccc3o2)c1. The number of carbonyl (C=O) groups is 1. The van der Waals surface area contributed by atoms with Gasteiger partial charge < -0.3 is 14.5 Å². The number of nitrogens with one attached hydrogen (secondary N) is 1. The van der Waals surface area contributed by atoms with E-state index in [0.29, 0.717) is 34.2 Å². The summed E-state index contributed by atoms with van der Waals surface area (Å²) in [5.74, 6) is 1.52. The number of aromatic nitrogens is 1. The Morgan fingerprint density at radius 1 is 1.03 bits per heavy atom. The summed E-state index contributed by atoms with van der Waals surface area (Å²) >= 11 is 0. The highest BCUT2D eigenvalue weighted by Gasteiger charge is 2.12. The van der Waals surface area contributed by atoms with Gasteiger partial charge >= 0.3 is 0 Å². The molecule has 1 N–H and O–H groups in total. The Kier molecular flexibility index (Phi) is 5.04. The van der Waals surface area contributed by atoms with Crippen molar-refractivity contribution in [1.29, 1.82) is 0 Å². The lowest BCUT2D eigenvalue weighted by Crippen LogP contribution is -2.11. The van der Waals surface area contributed by atoms with Crippen molar-refractivity contribution in [2.75, 3.05) is 12.4 Å². The molecule has 0 radical (unpaired) electrons. The monoisotopic (exact) mass is 386 g/mol. The van der Waals surface area contributed by atoms with Gasteiger partial charge in [-0.2, -0.15) is 0 Å². The number of benzene rings is 3. The number of ether oxygens (including phenoxy) is 1. The Balaban J connectivity index is 1.56. The van der Waals surface area contributed by atoms with Crippen molar-refractivity contribution >= 4 is 22.7 Å². The van der Waals surface area contributed by atoms with Crippen LogP contribution in [0.4, 0.5) is 5.69 Å². The number of nitrogens with zero attached hydrogens (tertiary/aromatic N) is 1. The molecule has 0 aliphatic heterocycles. The smallest absolute Gasteiger partial charge is 0.255 e. The second kappa shape index (κ2) is 7.80. The molecule has 5 nitrogen and oxygen atoms in total. The van der Waals surface area contributed by atoms with Crippen molar-refractivity contribution < 1.29 is 13.9 Å². The average molecular weight is 386 g/mol. The molecule has 3 aromatic carbocycles. The summed E-state index contributed by atoms with van der Waals surface area (Å²) in [4.78, 5) is 17.1. The molecular weight excluding hydrogens is 364 g/mol. The van der Waals surface area contributed by atoms with E-state index in [0.717, 1.165) is 11.3 Å². The van der Waals surface area contributed by atoms with Gasteiger partial charge in [-0.25, -0.2) is 4.98 Å². The van der Waals surface area contributed by atoms with Gasteiger partial charge in [0.1, 0.15) is 11.3 Å². The molecule has 4 rings (SSSR count). The van der Waals surface area contributed by atoms with Crippen molar-refractivity contribution in [3.8, 4) is 17.2 Å². The van der Waals surface area contributed by atoms with Crippen LogP contribution >= 0.6 is 0 Å². The maximum atomic E-state index is 12.6. The second-order valence-corrected chi connectivity index (χ2v) is 7.16. The van der Waals surface area contributed by atoms with Crippen molar-refractivity contribution in [1.82, 2.24) is 4.98 Å². The number of carbonyl (C=O) groups excluding carboxylic acids is 1. The van der Waals surface area contributed by atoms with Crippen LogP contribution in [-0.4, -0.2) is 18.0 Å². The standard InChI is InChI=1S/C24H22N2O3/c1-15(2)16-7-9-17(10-8-16)23(27)25-19-11-12-22-21(14-19)26-24(29-22)18-5-4-6-20(13-18)28-3/h4-15H,1-3H3,(H,25,27). The zero-order valence-corrected chi connectivity index (χ0v) is 16.6. The average Bonchev–Trinajstić information content (AvgIpc) is 3.17. The Morgan fingerprint density at radius 2 is 1.83 bits per heavy atom. The molecule has 5 heteroatoms. The van der Waals surface area contributed by atoms with Crippen LogP contribution in [-0.2, 0) is 0 Å². The molecule has 0 saturated heterocycles. The lowest BCUT2D eigenvalue weighted by atomic mass is 10.0. The first kappa shape index (κ1) is 18.7. The lowest BCUT2D eigenvalue weighted by molar-refractivity contribution is 0.102. The van der Waals surface area contributed by atoms with Gasteiger partial charge in [-0.3, -0.25) is 4.79 Å². The van der Waals surface area contributed by atoms with Crippen molar-refractivity contribution in [2.24, 2.45) is 0 Å². The fourth-order valence-corrected chi connectivity index (χ4v) is 3.11. The first-order valence-electron chi connectivity index (χ1n) is 9.50. The van der Waals surface area contributed by atoms with E-state index in [4.69, 9.17) is 9.15 Å². The predicted molar refractivity (Wildman–Crippen MR) is 114 cm³/mol. The zero-order chi connectivity index (χ0) is 20.4. The summed E-state index contributed by atoms with van der Waals surface area (Å²) < 4.78 is 11.1. The molecule has 0 saturated carbocycles. The number of methoxy groups -OCH3 is 1. The molecule has 0 fully saturated rings. The second-order valence-electron chi connectivity index (χ2n) is 7.16. The lowest BCUT2D eigenvalue weighted by Gasteiger charge is -2.08. The number of amides is 1. The fraction of sp³-hybridized carbons (Fsp3) is 0.167. The number of hydrogen-bond donors (Lipinski definition) is 1. The van der Waals surface area contributed by atoms with Crippen LogP contribution in [0.25, 0.3) is 22.6 Å². The Labute approximate surface area is 169 Å². The summed E-state index contributed by atoms with van der Waals surface area (Å²) in [5, 5.41) is 2.93. The molecule has 0 aliphatic carbocycles. The van der Waals surface area contributed by atoms with Crippen molar-refractivity contribution in [2.45, 2.75) is 19.8 Å². The van der Waals surface area contributed by atoms with Gasteiger partial charge in [0.25, 0.3) is 5.91 Å². The third-order valence-electron chi connectivity index (χ3n) is 4.80. The number of oxazole rings is 1. The van der Waals surface area contributed by atoms with Gasteiger partial charge in [0, 0.05) is 16.8 Å². The molecular formula is C24H22N2O3. The topological polar surface area (TPSA) is 64.4 Å². The van der Waals surface area contributed by atoms with Crippen molar-refractivity contribution in [3.05, 3.63) is 77.9 Å². The molecule has 0 bridgehead atoms. The molecule has 1 heterocycles. The highest BCUT2D eigenvalue weighted by molar-refractivity contribution is 6.05. The number of hydrogen-bond acceptors (Lipinski definition) is 4. The first-order valence-corrected chi connectivity index (χ1v) is 9.50. The molecule has 4 aromatic rings. The van der Waals surface area contributed by atoms with E-state index >= 15 is 0 Å². The van der Waals surface area contributed by atoms with Gasteiger partial charge in [-0.1, -0.05) is 32.0 Å². The van der Waals surface area contributed by atoms with Gasteiger partial charge in [0.2, 0.25) is 5.89 Å². The predicted octanol–water partition coefficient (Wildman–Crippen LogP) is 5.88. The normalized spacial score (nSPS) is 11.0. The minimum atomic E-state index is -0.156. The number of anilines is 1. The van der Waals surface area contributed by atoms with Crippen LogP contribution in [0, 0.1) is 0 Å². The van der Waals surface area contributed by atoms with Crippen LogP contribution in [0.3, 0.4) is 0 Å². The summed E-state index contributed by atoms with van der Waals surface area (Å²) in [6.45, 7) is 4.25. The van der Waals surface area contributed by atoms with Crippen LogP contribution in [0.15, 0.2) is 71.1 Å². The molecule has 1 aromatic heterocycles. The number of rotatable bonds is 5. The quantitative estimate of drug-likeness (QED) is 0.465. The molecule has 0 aliphatic rings. The fourth-order valence-electron chi connectivity index (χ4n) is 3.11. The third-order valence-corrected chi connectivity index (χ3v) is 4.80. The molecule has 0 spiro atoms. The summed E-state index contributed by atoms with van der Waals surface area (Å²) in [6.07, 6.45) is 0.